The molecule has 8 heteroatoms. The minimum Gasteiger partial charge on any atom is -0.481 e. The molecule has 0 aromatic heterocycles. The van der Waals surface area contributed by atoms with Gasteiger partial charge < -0.3 is 9.84 Å². The number of sulfone groups is 1. The molecular weight excluding hydrogens is 444 g/mol. The normalized spacial score (nSPS) is 25.0. The van der Waals surface area contributed by atoms with Gasteiger partial charge in [0.25, 0.3) is 0 Å². The van der Waals surface area contributed by atoms with Crippen LogP contribution in [0.15, 0.2) is 57.9 Å². The summed E-state index contributed by atoms with van der Waals surface area (Å²) in [4.78, 5) is 12.1. The Morgan fingerprint density at radius 2 is 1.77 bits per heavy atom. The van der Waals surface area contributed by atoms with E-state index in [1.54, 1.807) is 24.3 Å². The third-order valence-electron chi connectivity index (χ3n) is 4.74. The maximum absolute atomic E-state index is 13.2. The minimum absolute atomic E-state index is 0.0493. The molecule has 0 spiro atoms. The summed E-state index contributed by atoms with van der Waals surface area (Å²) in [6.07, 6.45) is 0. The smallest absolute Gasteiger partial charge is 0.314 e. The van der Waals surface area contributed by atoms with Gasteiger partial charge in [0.1, 0.15) is 5.41 Å². The second kappa shape index (κ2) is 6.96. The summed E-state index contributed by atoms with van der Waals surface area (Å²) in [5.74, 6) is -1.89. The van der Waals surface area contributed by atoms with Gasteiger partial charge >= 0.3 is 5.97 Å². The molecule has 138 valence electrons. The number of methoxy groups -OCH3 is 1. The van der Waals surface area contributed by atoms with E-state index in [2.05, 4.69) is 15.9 Å². The largest absolute Gasteiger partial charge is 0.481 e. The molecule has 2 aromatic rings. The standard InChI is InChI=1S/C18H16BrClO5S/c1-25-10-18(17(21)22)15(11-2-4-12(19)5-3-11)16(18)26(23,24)14-8-6-13(20)7-9-14/h2-9,15-16H,10H2,1H3,(H,21,22). The fraction of sp³-hybridized carbons (Fsp3) is 0.278. The molecule has 1 fully saturated rings. The highest BCUT2D eigenvalue weighted by Crippen LogP contribution is 2.64. The van der Waals surface area contributed by atoms with Gasteiger partial charge in [-0.15, -0.1) is 0 Å². The summed E-state index contributed by atoms with van der Waals surface area (Å²) in [5.41, 5.74) is -0.878. The fourth-order valence-electron chi connectivity index (χ4n) is 3.50. The van der Waals surface area contributed by atoms with E-state index >= 15 is 0 Å². The van der Waals surface area contributed by atoms with Crippen molar-refractivity contribution in [1.29, 1.82) is 0 Å². The lowest BCUT2D eigenvalue weighted by Gasteiger charge is -2.12. The average molecular weight is 460 g/mol. The van der Waals surface area contributed by atoms with E-state index < -0.39 is 32.4 Å². The van der Waals surface area contributed by atoms with Crippen LogP contribution in [0.25, 0.3) is 0 Å². The number of hydrogen-bond donors (Lipinski definition) is 1. The highest BCUT2D eigenvalue weighted by atomic mass is 79.9. The first kappa shape index (κ1) is 19.4. The molecule has 0 radical (unpaired) electrons. The lowest BCUT2D eigenvalue weighted by molar-refractivity contribution is -0.145. The number of carbonyl (C=O) groups is 1. The number of aliphatic carboxylic acids is 1. The number of halogens is 2. The van der Waals surface area contributed by atoms with Gasteiger partial charge in [-0.05, 0) is 42.0 Å². The Morgan fingerprint density at radius 1 is 1.19 bits per heavy atom. The van der Waals surface area contributed by atoms with Crippen molar-refractivity contribution in [2.45, 2.75) is 16.1 Å². The number of hydrogen-bond acceptors (Lipinski definition) is 4. The van der Waals surface area contributed by atoms with Crippen LogP contribution in [-0.4, -0.2) is 38.5 Å². The van der Waals surface area contributed by atoms with Gasteiger partial charge in [-0.2, -0.15) is 0 Å². The van der Waals surface area contributed by atoms with E-state index in [1.165, 1.54) is 31.4 Å². The quantitative estimate of drug-likeness (QED) is 0.711. The monoisotopic (exact) mass is 458 g/mol. The Bertz CT molecular complexity index is 927. The maximum Gasteiger partial charge on any atom is 0.314 e. The highest BCUT2D eigenvalue weighted by molar-refractivity contribution is 9.10. The molecule has 3 rings (SSSR count). The number of carboxylic acid groups (broad SMARTS) is 1. The summed E-state index contributed by atoms with van der Waals surface area (Å²) >= 11 is 9.17. The molecule has 0 aliphatic heterocycles. The van der Waals surface area contributed by atoms with Crippen LogP contribution in [0.5, 0.6) is 0 Å². The lowest BCUT2D eigenvalue weighted by atomic mass is 10.0. The van der Waals surface area contributed by atoms with Crippen molar-refractivity contribution >= 4 is 43.3 Å². The molecule has 0 amide bonds. The van der Waals surface area contributed by atoms with Gasteiger partial charge in [0.05, 0.1) is 16.8 Å². The van der Waals surface area contributed by atoms with E-state index in [9.17, 15) is 18.3 Å². The zero-order valence-electron chi connectivity index (χ0n) is 13.7. The first-order valence-corrected chi connectivity index (χ1v) is 10.4. The fourth-order valence-corrected chi connectivity index (χ4v) is 6.25. The first-order valence-electron chi connectivity index (χ1n) is 7.72. The van der Waals surface area contributed by atoms with Crippen LogP contribution in [0.4, 0.5) is 0 Å². The van der Waals surface area contributed by atoms with Crippen LogP contribution in [-0.2, 0) is 19.4 Å². The summed E-state index contributed by atoms with van der Waals surface area (Å²) in [5, 5.41) is 9.16. The van der Waals surface area contributed by atoms with Crippen LogP contribution in [0.1, 0.15) is 11.5 Å². The Kier molecular flexibility index (Phi) is 5.18. The number of ether oxygens (including phenoxy) is 1. The summed E-state index contributed by atoms with van der Waals surface area (Å²) in [6, 6.07) is 12.7. The van der Waals surface area contributed by atoms with Crippen molar-refractivity contribution in [3.05, 3.63) is 63.6 Å². The molecule has 3 unspecified atom stereocenters. The van der Waals surface area contributed by atoms with Crippen molar-refractivity contribution in [3.8, 4) is 0 Å². The van der Waals surface area contributed by atoms with Crippen molar-refractivity contribution in [3.63, 3.8) is 0 Å². The Morgan fingerprint density at radius 3 is 2.27 bits per heavy atom. The molecule has 1 aliphatic rings. The maximum atomic E-state index is 13.2. The Hall–Kier alpha value is -1.41. The van der Waals surface area contributed by atoms with Crippen LogP contribution in [0.3, 0.4) is 0 Å². The topological polar surface area (TPSA) is 80.7 Å². The van der Waals surface area contributed by atoms with Gasteiger partial charge in [0.2, 0.25) is 0 Å². The third kappa shape index (κ3) is 3.07. The van der Waals surface area contributed by atoms with E-state index in [4.69, 9.17) is 16.3 Å². The molecule has 3 atom stereocenters. The zero-order chi connectivity index (χ0) is 19.1. The summed E-state index contributed by atoms with van der Waals surface area (Å²) < 4.78 is 32.3. The van der Waals surface area contributed by atoms with Crippen molar-refractivity contribution in [1.82, 2.24) is 0 Å². The second-order valence-corrected chi connectivity index (χ2v) is 9.65. The van der Waals surface area contributed by atoms with E-state index in [1.807, 2.05) is 0 Å². The molecule has 1 aliphatic carbocycles. The summed E-state index contributed by atoms with van der Waals surface area (Å²) in [7, 11) is -2.53. The van der Waals surface area contributed by atoms with Crippen molar-refractivity contribution < 1.29 is 23.1 Å². The molecule has 0 heterocycles. The number of rotatable bonds is 6. The van der Waals surface area contributed by atoms with Crippen LogP contribution >= 0.6 is 27.5 Å². The predicted molar refractivity (Wildman–Crippen MR) is 101 cm³/mol. The second-order valence-electron chi connectivity index (χ2n) is 6.23. The predicted octanol–water partition coefficient (Wildman–Crippen LogP) is 3.76. The molecule has 2 aromatic carbocycles. The van der Waals surface area contributed by atoms with E-state index in [0.29, 0.717) is 10.6 Å². The van der Waals surface area contributed by atoms with Crippen LogP contribution < -0.4 is 0 Å². The first-order chi connectivity index (χ1) is 12.2. The van der Waals surface area contributed by atoms with Gasteiger partial charge in [-0.3, -0.25) is 4.79 Å². The molecule has 0 saturated heterocycles. The molecule has 0 bridgehead atoms. The molecule has 5 nitrogen and oxygen atoms in total. The van der Waals surface area contributed by atoms with Crippen molar-refractivity contribution in [2.75, 3.05) is 13.7 Å². The number of carboxylic acids is 1. The lowest BCUT2D eigenvalue weighted by Crippen LogP contribution is -2.28. The third-order valence-corrected chi connectivity index (χ3v) is 7.81. The molecule has 1 saturated carbocycles. The number of benzene rings is 2. The van der Waals surface area contributed by atoms with Crippen LogP contribution in [0.2, 0.25) is 5.02 Å². The Balaban J connectivity index is 2.11. The van der Waals surface area contributed by atoms with Gasteiger partial charge in [-0.1, -0.05) is 39.7 Å². The highest BCUT2D eigenvalue weighted by Gasteiger charge is 2.76. The van der Waals surface area contributed by atoms with E-state index in [-0.39, 0.29) is 11.5 Å². The molecule has 26 heavy (non-hydrogen) atoms. The molecular formula is C18H16BrClO5S. The van der Waals surface area contributed by atoms with Crippen molar-refractivity contribution in [2.24, 2.45) is 5.41 Å². The van der Waals surface area contributed by atoms with Gasteiger partial charge in [-0.25, -0.2) is 8.42 Å². The van der Waals surface area contributed by atoms with Crippen LogP contribution in [0, 0.1) is 5.41 Å². The SMILES string of the molecule is COCC1(C(=O)O)C(c2ccc(Br)cc2)C1S(=O)(=O)c1ccc(Cl)cc1. The van der Waals surface area contributed by atoms with Gasteiger partial charge in [0, 0.05) is 22.5 Å². The minimum atomic E-state index is -3.90. The van der Waals surface area contributed by atoms with Gasteiger partial charge in [0.15, 0.2) is 9.84 Å². The van der Waals surface area contributed by atoms with E-state index in [0.717, 1.165) is 4.47 Å². The molecule has 1 N–H and O–H groups in total. The Labute approximate surface area is 165 Å². The summed E-state index contributed by atoms with van der Waals surface area (Å²) in [6.45, 7) is -0.194. The zero-order valence-corrected chi connectivity index (χ0v) is 16.9. The average Bonchev–Trinajstić information content (AvgIpc) is 3.27.